The summed E-state index contributed by atoms with van der Waals surface area (Å²) in [6.07, 6.45) is 11.5. The second-order valence-corrected chi connectivity index (χ2v) is 5.08. The molecule has 3 rings (SSSR count). The number of imidazole rings is 1. The molecule has 1 saturated heterocycles. The lowest BCUT2D eigenvalue weighted by atomic mass is 10.2. The topological polar surface area (TPSA) is 51.0 Å². The Bertz CT molecular complexity index is 554. The molecule has 1 aliphatic heterocycles. The maximum absolute atomic E-state index is 12.4. The predicted octanol–water partition coefficient (Wildman–Crippen LogP) is 2.28. The van der Waals surface area contributed by atoms with Crippen molar-refractivity contribution in [1.82, 2.24) is 19.4 Å². The number of aromatic nitrogens is 3. The van der Waals surface area contributed by atoms with Gasteiger partial charge in [-0.15, -0.1) is 0 Å². The number of amides is 1. The summed E-state index contributed by atoms with van der Waals surface area (Å²) < 4.78 is 1.82. The first-order valence-electron chi connectivity index (χ1n) is 7.08. The van der Waals surface area contributed by atoms with E-state index in [0.717, 1.165) is 31.7 Å². The molecule has 5 heteroatoms. The largest absolute Gasteiger partial charge is 0.339 e. The molecule has 0 aliphatic carbocycles. The van der Waals surface area contributed by atoms with Gasteiger partial charge in [-0.2, -0.15) is 0 Å². The molecule has 0 N–H and O–H groups in total. The molecule has 0 atom stereocenters. The molecule has 5 nitrogen and oxygen atoms in total. The van der Waals surface area contributed by atoms with Crippen LogP contribution in [0.1, 0.15) is 36.0 Å². The van der Waals surface area contributed by atoms with Crippen LogP contribution < -0.4 is 0 Å². The average molecular weight is 270 g/mol. The molecule has 1 aliphatic rings. The number of rotatable bonds is 2. The fourth-order valence-corrected chi connectivity index (χ4v) is 2.52. The van der Waals surface area contributed by atoms with E-state index >= 15 is 0 Å². The van der Waals surface area contributed by atoms with E-state index in [0.29, 0.717) is 5.56 Å². The lowest BCUT2D eigenvalue weighted by Crippen LogP contribution is -2.31. The number of nitrogens with zero attached hydrogens (tertiary/aromatic N) is 4. The molecule has 104 valence electrons. The van der Waals surface area contributed by atoms with Gasteiger partial charge in [-0.1, -0.05) is 12.8 Å². The van der Waals surface area contributed by atoms with E-state index in [-0.39, 0.29) is 5.91 Å². The van der Waals surface area contributed by atoms with E-state index in [1.165, 1.54) is 12.8 Å². The van der Waals surface area contributed by atoms with Gasteiger partial charge in [0.1, 0.15) is 12.1 Å². The normalized spacial score (nSPS) is 15.9. The van der Waals surface area contributed by atoms with Crippen LogP contribution in [0.4, 0.5) is 0 Å². The molecule has 1 amide bonds. The van der Waals surface area contributed by atoms with Crippen LogP contribution in [0.2, 0.25) is 0 Å². The zero-order valence-corrected chi connectivity index (χ0v) is 11.4. The summed E-state index contributed by atoms with van der Waals surface area (Å²) in [5, 5.41) is 0. The average Bonchev–Trinajstić information content (AvgIpc) is 2.89. The van der Waals surface area contributed by atoms with Gasteiger partial charge in [0.15, 0.2) is 0 Å². The number of likely N-dealkylation sites (tertiary alicyclic amines) is 1. The Hall–Kier alpha value is -2.17. The quantitative estimate of drug-likeness (QED) is 0.841. The Labute approximate surface area is 118 Å². The van der Waals surface area contributed by atoms with Crippen LogP contribution in [0, 0.1) is 0 Å². The first-order valence-corrected chi connectivity index (χ1v) is 7.08. The second-order valence-electron chi connectivity index (χ2n) is 5.08. The van der Waals surface area contributed by atoms with Crippen molar-refractivity contribution in [2.75, 3.05) is 13.1 Å². The van der Waals surface area contributed by atoms with Crippen LogP contribution in [0.3, 0.4) is 0 Å². The van der Waals surface area contributed by atoms with Gasteiger partial charge < -0.3 is 4.90 Å². The minimum atomic E-state index is 0.0941. The molecule has 2 aromatic heterocycles. The first-order chi connectivity index (χ1) is 9.84. The lowest BCUT2D eigenvalue weighted by Gasteiger charge is -2.20. The van der Waals surface area contributed by atoms with Crippen molar-refractivity contribution in [1.29, 1.82) is 0 Å². The van der Waals surface area contributed by atoms with Gasteiger partial charge in [0.05, 0.1) is 5.56 Å². The Balaban J connectivity index is 1.75. The Morgan fingerprint density at radius 1 is 1.10 bits per heavy atom. The van der Waals surface area contributed by atoms with Gasteiger partial charge in [-0.3, -0.25) is 9.36 Å². The third kappa shape index (κ3) is 2.71. The first kappa shape index (κ1) is 12.8. The van der Waals surface area contributed by atoms with Crippen molar-refractivity contribution in [3.05, 3.63) is 42.6 Å². The maximum Gasteiger partial charge on any atom is 0.255 e. The van der Waals surface area contributed by atoms with Crippen LogP contribution in [0.5, 0.6) is 0 Å². The highest BCUT2D eigenvalue weighted by Gasteiger charge is 2.17. The highest BCUT2D eigenvalue weighted by molar-refractivity contribution is 5.94. The molecule has 20 heavy (non-hydrogen) atoms. The highest BCUT2D eigenvalue weighted by Crippen LogP contribution is 2.14. The fraction of sp³-hybridized carbons (Fsp3) is 0.400. The summed E-state index contributed by atoms with van der Waals surface area (Å²) in [7, 11) is 0. The second kappa shape index (κ2) is 5.86. The van der Waals surface area contributed by atoms with E-state index in [9.17, 15) is 4.79 Å². The monoisotopic (exact) mass is 270 g/mol. The van der Waals surface area contributed by atoms with Crippen LogP contribution >= 0.6 is 0 Å². The smallest absolute Gasteiger partial charge is 0.255 e. The van der Waals surface area contributed by atoms with Crippen LogP contribution in [0.25, 0.3) is 5.82 Å². The van der Waals surface area contributed by atoms with Crippen molar-refractivity contribution in [3.8, 4) is 5.82 Å². The summed E-state index contributed by atoms with van der Waals surface area (Å²) in [4.78, 5) is 22.7. The molecule has 2 aromatic rings. The van der Waals surface area contributed by atoms with Crippen molar-refractivity contribution in [2.45, 2.75) is 25.7 Å². The van der Waals surface area contributed by atoms with Gasteiger partial charge in [0.25, 0.3) is 5.91 Å². The SMILES string of the molecule is O=C(c1ccc(-n2ccnc2)nc1)N1CCCCCC1. The minimum absolute atomic E-state index is 0.0941. The van der Waals surface area contributed by atoms with Crippen molar-refractivity contribution in [2.24, 2.45) is 0 Å². The number of carbonyl (C=O) groups is 1. The summed E-state index contributed by atoms with van der Waals surface area (Å²) in [6.45, 7) is 1.73. The number of carbonyl (C=O) groups excluding carboxylic acids is 1. The van der Waals surface area contributed by atoms with Gasteiger partial charge >= 0.3 is 0 Å². The van der Waals surface area contributed by atoms with E-state index in [1.54, 1.807) is 18.7 Å². The Morgan fingerprint density at radius 2 is 1.90 bits per heavy atom. The van der Waals surface area contributed by atoms with Crippen LogP contribution in [-0.2, 0) is 0 Å². The predicted molar refractivity (Wildman–Crippen MR) is 75.7 cm³/mol. The van der Waals surface area contributed by atoms with Crippen molar-refractivity contribution < 1.29 is 4.79 Å². The Kier molecular flexibility index (Phi) is 3.76. The highest BCUT2D eigenvalue weighted by atomic mass is 16.2. The molecule has 0 saturated carbocycles. The fourth-order valence-electron chi connectivity index (χ4n) is 2.52. The molecule has 1 fully saturated rings. The van der Waals surface area contributed by atoms with Crippen LogP contribution in [0.15, 0.2) is 37.1 Å². The molecule has 0 radical (unpaired) electrons. The third-order valence-electron chi connectivity index (χ3n) is 3.66. The standard InChI is InChI=1S/C15H18N4O/c20-15(18-8-3-1-2-4-9-18)13-5-6-14(17-11-13)19-10-7-16-12-19/h5-7,10-12H,1-4,8-9H2. The van der Waals surface area contributed by atoms with E-state index < -0.39 is 0 Å². The summed E-state index contributed by atoms with van der Waals surface area (Å²) in [6, 6.07) is 3.70. The number of hydrogen-bond acceptors (Lipinski definition) is 3. The maximum atomic E-state index is 12.4. The van der Waals surface area contributed by atoms with E-state index in [4.69, 9.17) is 0 Å². The van der Waals surface area contributed by atoms with Gasteiger partial charge in [0.2, 0.25) is 0 Å². The molecule has 0 spiro atoms. The molecular formula is C15H18N4O. The lowest BCUT2D eigenvalue weighted by molar-refractivity contribution is 0.0761. The minimum Gasteiger partial charge on any atom is -0.339 e. The van der Waals surface area contributed by atoms with Crippen LogP contribution in [-0.4, -0.2) is 38.4 Å². The van der Waals surface area contributed by atoms with Crippen molar-refractivity contribution in [3.63, 3.8) is 0 Å². The number of pyridine rings is 1. The van der Waals surface area contributed by atoms with Gasteiger partial charge in [-0.25, -0.2) is 9.97 Å². The third-order valence-corrected chi connectivity index (χ3v) is 3.66. The van der Waals surface area contributed by atoms with E-state index in [2.05, 4.69) is 9.97 Å². The summed E-state index contributed by atoms with van der Waals surface area (Å²) >= 11 is 0. The molecule has 0 unspecified atom stereocenters. The zero-order chi connectivity index (χ0) is 13.8. The zero-order valence-electron chi connectivity index (χ0n) is 11.4. The summed E-state index contributed by atoms with van der Waals surface area (Å²) in [5.41, 5.74) is 0.663. The molecular weight excluding hydrogens is 252 g/mol. The Morgan fingerprint density at radius 3 is 2.50 bits per heavy atom. The number of hydrogen-bond donors (Lipinski definition) is 0. The van der Waals surface area contributed by atoms with Gasteiger partial charge in [0, 0.05) is 31.7 Å². The molecule has 0 aromatic carbocycles. The van der Waals surface area contributed by atoms with Crippen molar-refractivity contribution >= 4 is 5.91 Å². The summed E-state index contributed by atoms with van der Waals surface area (Å²) in [5.74, 6) is 0.867. The molecule has 3 heterocycles. The van der Waals surface area contributed by atoms with E-state index in [1.807, 2.05) is 27.8 Å². The molecule has 0 bridgehead atoms. The van der Waals surface area contributed by atoms with Gasteiger partial charge in [-0.05, 0) is 25.0 Å².